The number of aromatic nitrogens is 2. The van der Waals surface area contributed by atoms with E-state index in [0.717, 1.165) is 10.6 Å². The highest BCUT2D eigenvalue weighted by Gasteiger charge is 2.06. The molecule has 0 fully saturated rings. The van der Waals surface area contributed by atoms with E-state index in [1.54, 1.807) is 11.3 Å². The number of thiophene rings is 1. The van der Waals surface area contributed by atoms with Crippen LogP contribution in [0, 0.1) is 0 Å². The molecule has 0 spiro atoms. The van der Waals surface area contributed by atoms with Gasteiger partial charge in [-0.3, -0.25) is 22.3 Å². The third-order valence-electron chi connectivity index (χ3n) is 1.91. The molecule has 2 rings (SSSR count). The SMILES string of the molecule is NC(N)=[NH+]C(N)=[NH+]c1cc(-c2cccs2)[nH]n1. The fourth-order valence-electron chi connectivity index (χ4n) is 1.27. The predicted molar refractivity (Wildman–Crippen MR) is 66.1 cm³/mol. The Labute approximate surface area is 101 Å². The van der Waals surface area contributed by atoms with Crippen LogP contribution in [0.2, 0.25) is 0 Å². The van der Waals surface area contributed by atoms with Gasteiger partial charge in [0.25, 0.3) is 0 Å². The van der Waals surface area contributed by atoms with Gasteiger partial charge in [0.15, 0.2) is 0 Å². The summed E-state index contributed by atoms with van der Waals surface area (Å²) < 4.78 is 0. The van der Waals surface area contributed by atoms with Gasteiger partial charge >= 0.3 is 11.9 Å². The zero-order valence-corrected chi connectivity index (χ0v) is 9.71. The summed E-state index contributed by atoms with van der Waals surface area (Å²) in [4.78, 5) is 6.46. The Morgan fingerprint density at radius 3 is 2.82 bits per heavy atom. The second-order valence-corrected chi connectivity index (χ2v) is 4.21. The summed E-state index contributed by atoms with van der Waals surface area (Å²) in [5.41, 5.74) is 17.0. The fourth-order valence-corrected chi connectivity index (χ4v) is 1.96. The van der Waals surface area contributed by atoms with Gasteiger partial charge in [-0.25, -0.2) is 4.99 Å². The van der Waals surface area contributed by atoms with Crippen molar-refractivity contribution in [1.29, 1.82) is 0 Å². The van der Waals surface area contributed by atoms with E-state index < -0.39 is 0 Å². The first-order valence-electron chi connectivity index (χ1n) is 4.79. The highest BCUT2D eigenvalue weighted by atomic mass is 32.1. The van der Waals surface area contributed by atoms with Crippen LogP contribution in [0.5, 0.6) is 0 Å². The van der Waals surface area contributed by atoms with E-state index in [1.165, 1.54) is 0 Å². The second kappa shape index (κ2) is 4.66. The van der Waals surface area contributed by atoms with Crippen LogP contribution in [-0.2, 0) is 0 Å². The summed E-state index contributed by atoms with van der Waals surface area (Å²) in [5, 5.41) is 8.95. The van der Waals surface area contributed by atoms with Crippen molar-refractivity contribution in [2.45, 2.75) is 0 Å². The molecular weight excluding hydrogens is 238 g/mol. The minimum absolute atomic E-state index is 0.0176. The standard InChI is InChI=1S/C9H11N7S/c10-8(11)14-9(12)13-7-4-5(15-16-7)6-2-1-3-17-6/h1-4H,(H7,10,11,12,13,14,15,16)/p+2. The molecule has 88 valence electrons. The maximum Gasteiger partial charge on any atom is 0.391 e. The topological polar surface area (TPSA) is 135 Å². The van der Waals surface area contributed by atoms with Gasteiger partial charge in [0.2, 0.25) is 5.82 Å². The van der Waals surface area contributed by atoms with Crippen molar-refractivity contribution < 1.29 is 9.98 Å². The molecule has 7 nitrogen and oxygen atoms in total. The van der Waals surface area contributed by atoms with Crippen LogP contribution in [0.4, 0.5) is 5.82 Å². The van der Waals surface area contributed by atoms with Crippen LogP contribution in [-0.4, -0.2) is 22.1 Å². The Hall–Kier alpha value is -2.35. The average Bonchev–Trinajstić information content (AvgIpc) is 2.84. The number of nitrogens with one attached hydrogen (secondary N) is 3. The number of aromatic amines is 1. The highest BCUT2D eigenvalue weighted by Crippen LogP contribution is 2.22. The molecule has 2 aromatic rings. The quantitative estimate of drug-likeness (QED) is 0.244. The molecule has 0 radical (unpaired) electrons. The Morgan fingerprint density at radius 1 is 1.35 bits per heavy atom. The maximum atomic E-state index is 5.60. The van der Waals surface area contributed by atoms with Crippen molar-refractivity contribution in [2.24, 2.45) is 17.2 Å². The largest absolute Gasteiger partial charge is 0.391 e. The number of hydrogen-bond donors (Lipinski definition) is 6. The first-order valence-corrected chi connectivity index (χ1v) is 5.67. The third-order valence-corrected chi connectivity index (χ3v) is 2.81. The lowest BCUT2D eigenvalue weighted by molar-refractivity contribution is -0.461. The average molecular weight is 251 g/mol. The van der Waals surface area contributed by atoms with E-state index in [2.05, 4.69) is 20.2 Å². The minimum atomic E-state index is 0.0176. The van der Waals surface area contributed by atoms with Crippen LogP contribution in [0.25, 0.3) is 10.6 Å². The Bertz CT molecular complexity index is 548. The molecule has 0 aliphatic rings. The molecule has 0 amide bonds. The molecule has 0 saturated carbocycles. The Kier molecular flexibility index (Phi) is 3.06. The summed E-state index contributed by atoms with van der Waals surface area (Å²) in [7, 11) is 0. The lowest BCUT2D eigenvalue weighted by Crippen LogP contribution is -2.96. The number of guanidine groups is 2. The molecular formula is C9H13N7S+2. The maximum absolute atomic E-state index is 5.60. The monoisotopic (exact) mass is 251 g/mol. The summed E-state index contributed by atoms with van der Waals surface area (Å²) >= 11 is 1.62. The molecule has 0 aliphatic carbocycles. The molecule has 9 N–H and O–H groups in total. The smallest absolute Gasteiger partial charge is 0.275 e. The van der Waals surface area contributed by atoms with Crippen LogP contribution < -0.4 is 27.2 Å². The molecule has 0 saturated heterocycles. The zero-order chi connectivity index (χ0) is 12.3. The Morgan fingerprint density at radius 2 is 2.18 bits per heavy atom. The van der Waals surface area contributed by atoms with Gasteiger partial charge in [-0.05, 0) is 11.4 Å². The second-order valence-electron chi connectivity index (χ2n) is 3.26. The molecule has 0 aliphatic heterocycles. The van der Waals surface area contributed by atoms with Gasteiger partial charge in [0.05, 0.1) is 10.6 Å². The summed E-state index contributed by atoms with van der Waals surface area (Å²) in [5.74, 6) is 0.817. The summed E-state index contributed by atoms with van der Waals surface area (Å²) in [6, 6.07) is 5.81. The molecule has 0 atom stereocenters. The van der Waals surface area contributed by atoms with E-state index in [1.807, 2.05) is 23.6 Å². The van der Waals surface area contributed by atoms with E-state index in [0.29, 0.717) is 5.82 Å². The normalized spacial score (nSPS) is 11.4. The lowest BCUT2D eigenvalue weighted by Gasteiger charge is -1.85. The first-order chi connectivity index (χ1) is 8.15. The zero-order valence-electron chi connectivity index (χ0n) is 8.90. The summed E-state index contributed by atoms with van der Waals surface area (Å²) in [6.45, 7) is 0. The Balaban J connectivity index is 2.22. The molecule has 17 heavy (non-hydrogen) atoms. The van der Waals surface area contributed by atoms with Gasteiger partial charge in [0.1, 0.15) is 0 Å². The van der Waals surface area contributed by atoms with Gasteiger partial charge in [-0.15, -0.1) is 16.4 Å². The van der Waals surface area contributed by atoms with Crippen molar-refractivity contribution >= 4 is 29.1 Å². The minimum Gasteiger partial charge on any atom is -0.275 e. The number of hydrogen-bond acceptors (Lipinski definition) is 2. The van der Waals surface area contributed by atoms with Crippen LogP contribution in [0.3, 0.4) is 0 Å². The van der Waals surface area contributed by atoms with E-state index in [4.69, 9.17) is 17.2 Å². The lowest BCUT2D eigenvalue weighted by atomic mass is 10.3. The van der Waals surface area contributed by atoms with Crippen molar-refractivity contribution in [3.05, 3.63) is 23.6 Å². The van der Waals surface area contributed by atoms with Crippen LogP contribution in [0.15, 0.2) is 23.6 Å². The van der Waals surface area contributed by atoms with Gasteiger partial charge < -0.3 is 0 Å². The molecule has 2 heterocycles. The molecule has 0 aromatic carbocycles. The summed E-state index contributed by atoms with van der Waals surface area (Å²) in [6.07, 6.45) is 0. The number of H-pyrrole nitrogens is 1. The molecule has 0 bridgehead atoms. The van der Waals surface area contributed by atoms with E-state index >= 15 is 0 Å². The van der Waals surface area contributed by atoms with Gasteiger partial charge in [-0.2, -0.15) is 4.99 Å². The van der Waals surface area contributed by atoms with Crippen LogP contribution in [0.1, 0.15) is 0 Å². The molecule has 8 heteroatoms. The predicted octanol–water partition coefficient (Wildman–Crippen LogP) is -3.48. The van der Waals surface area contributed by atoms with Gasteiger partial charge in [0, 0.05) is 6.07 Å². The fraction of sp³-hybridized carbons (Fsp3) is 0. The molecule has 0 unspecified atom stereocenters. The van der Waals surface area contributed by atoms with E-state index in [9.17, 15) is 0 Å². The highest BCUT2D eigenvalue weighted by molar-refractivity contribution is 7.13. The number of nitrogens with zero attached hydrogens (tertiary/aromatic N) is 1. The van der Waals surface area contributed by atoms with Crippen molar-refractivity contribution in [2.75, 3.05) is 0 Å². The van der Waals surface area contributed by atoms with Crippen molar-refractivity contribution in [1.82, 2.24) is 10.2 Å². The van der Waals surface area contributed by atoms with Crippen LogP contribution >= 0.6 is 11.3 Å². The number of nitrogens with two attached hydrogens (primary N) is 3. The number of rotatable bonds is 2. The van der Waals surface area contributed by atoms with Gasteiger partial charge in [-0.1, -0.05) is 6.07 Å². The van der Waals surface area contributed by atoms with Crippen molar-refractivity contribution in [3.8, 4) is 10.6 Å². The van der Waals surface area contributed by atoms with E-state index in [-0.39, 0.29) is 11.9 Å². The van der Waals surface area contributed by atoms with Crippen molar-refractivity contribution in [3.63, 3.8) is 0 Å². The first kappa shape index (κ1) is 11.1. The third kappa shape index (κ3) is 2.82. The molecule has 2 aromatic heterocycles.